The van der Waals surface area contributed by atoms with Crippen LogP contribution in [0.2, 0.25) is 0 Å². The first-order valence-electron chi connectivity index (χ1n) is 7.35. The Labute approximate surface area is 122 Å². The second kappa shape index (κ2) is 5.00. The van der Waals surface area contributed by atoms with Crippen molar-refractivity contribution in [2.45, 2.75) is 12.8 Å². The largest absolute Gasteiger partial charge is 0.450 e. The molecule has 3 aromatic rings. The topological polar surface area (TPSA) is 62.4 Å². The highest BCUT2D eigenvalue weighted by Crippen LogP contribution is 2.33. The van der Waals surface area contributed by atoms with E-state index in [1.807, 2.05) is 24.3 Å². The Morgan fingerprint density at radius 2 is 2.00 bits per heavy atom. The molecule has 1 aliphatic heterocycles. The summed E-state index contributed by atoms with van der Waals surface area (Å²) in [7, 11) is 0. The van der Waals surface area contributed by atoms with Crippen LogP contribution in [0.25, 0.3) is 22.1 Å². The quantitative estimate of drug-likeness (QED) is 0.783. The predicted molar refractivity (Wildman–Crippen MR) is 81.3 cm³/mol. The van der Waals surface area contributed by atoms with Gasteiger partial charge in [0.15, 0.2) is 11.4 Å². The van der Waals surface area contributed by atoms with Crippen molar-refractivity contribution in [1.82, 2.24) is 9.97 Å². The van der Waals surface area contributed by atoms with Crippen LogP contribution in [0.5, 0.6) is 0 Å². The molecule has 0 saturated carbocycles. The van der Waals surface area contributed by atoms with Gasteiger partial charge in [0.25, 0.3) is 0 Å². The predicted octanol–water partition coefficient (Wildman–Crippen LogP) is 2.58. The highest BCUT2D eigenvalue weighted by molar-refractivity contribution is 6.05. The molecule has 0 spiro atoms. The number of aliphatic hydroxyl groups excluding tert-OH is 1. The SMILES string of the molecule is OCC1CCN(c2ncnc3c2oc2ccccc23)CC1. The third-order valence-electron chi connectivity index (χ3n) is 4.31. The molecular weight excluding hydrogens is 266 g/mol. The van der Waals surface area contributed by atoms with E-state index in [0.717, 1.165) is 53.8 Å². The molecule has 0 bridgehead atoms. The van der Waals surface area contributed by atoms with Gasteiger partial charge in [0.2, 0.25) is 0 Å². The van der Waals surface area contributed by atoms with Crippen LogP contribution in [0.1, 0.15) is 12.8 Å². The minimum Gasteiger partial charge on any atom is -0.450 e. The molecule has 5 nitrogen and oxygen atoms in total. The molecule has 0 atom stereocenters. The average Bonchev–Trinajstić information content (AvgIpc) is 2.94. The van der Waals surface area contributed by atoms with Crippen LogP contribution in [0.15, 0.2) is 35.0 Å². The van der Waals surface area contributed by atoms with Crippen LogP contribution < -0.4 is 4.90 Å². The lowest BCUT2D eigenvalue weighted by atomic mass is 9.98. The molecule has 0 radical (unpaired) electrons. The van der Waals surface area contributed by atoms with Gasteiger partial charge in [0.05, 0.1) is 0 Å². The third kappa shape index (κ3) is 2.05. The fourth-order valence-electron chi connectivity index (χ4n) is 3.06. The van der Waals surface area contributed by atoms with Gasteiger partial charge in [-0.05, 0) is 30.9 Å². The van der Waals surface area contributed by atoms with Crippen LogP contribution >= 0.6 is 0 Å². The molecule has 1 aromatic carbocycles. The van der Waals surface area contributed by atoms with Crippen molar-refractivity contribution in [1.29, 1.82) is 0 Å². The zero-order valence-corrected chi connectivity index (χ0v) is 11.7. The molecule has 4 rings (SSSR count). The van der Waals surface area contributed by atoms with Crippen LogP contribution in [-0.4, -0.2) is 34.8 Å². The number of piperidine rings is 1. The molecule has 0 aliphatic carbocycles. The van der Waals surface area contributed by atoms with Gasteiger partial charge < -0.3 is 14.4 Å². The highest BCUT2D eigenvalue weighted by Gasteiger charge is 2.23. The van der Waals surface area contributed by atoms with Crippen molar-refractivity contribution in [3.05, 3.63) is 30.6 Å². The Morgan fingerprint density at radius 3 is 2.81 bits per heavy atom. The molecule has 1 saturated heterocycles. The van der Waals surface area contributed by atoms with Gasteiger partial charge in [-0.3, -0.25) is 0 Å². The molecule has 21 heavy (non-hydrogen) atoms. The van der Waals surface area contributed by atoms with E-state index in [2.05, 4.69) is 14.9 Å². The summed E-state index contributed by atoms with van der Waals surface area (Å²) >= 11 is 0. The van der Waals surface area contributed by atoms with Gasteiger partial charge in [-0.1, -0.05) is 12.1 Å². The van der Waals surface area contributed by atoms with E-state index in [0.29, 0.717) is 5.92 Å². The van der Waals surface area contributed by atoms with Crippen LogP contribution in [0.3, 0.4) is 0 Å². The maximum absolute atomic E-state index is 9.25. The number of para-hydroxylation sites is 1. The zero-order valence-electron chi connectivity index (χ0n) is 11.7. The Balaban J connectivity index is 1.79. The normalized spacial score (nSPS) is 16.9. The molecule has 1 aliphatic rings. The van der Waals surface area contributed by atoms with E-state index in [4.69, 9.17) is 4.42 Å². The number of benzene rings is 1. The monoisotopic (exact) mass is 283 g/mol. The Bertz CT molecular complexity index is 775. The summed E-state index contributed by atoms with van der Waals surface area (Å²) in [5.41, 5.74) is 2.49. The number of hydrogen-bond donors (Lipinski definition) is 1. The summed E-state index contributed by atoms with van der Waals surface area (Å²) in [6, 6.07) is 7.94. The summed E-state index contributed by atoms with van der Waals surface area (Å²) in [5.74, 6) is 1.28. The van der Waals surface area contributed by atoms with Crippen LogP contribution in [0, 0.1) is 5.92 Å². The van der Waals surface area contributed by atoms with Gasteiger partial charge >= 0.3 is 0 Å². The second-order valence-electron chi connectivity index (χ2n) is 5.59. The molecule has 1 N–H and O–H groups in total. The number of aromatic nitrogens is 2. The maximum Gasteiger partial charge on any atom is 0.196 e. The minimum absolute atomic E-state index is 0.275. The van der Waals surface area contributed by atoms with Crippen molar-refractivity contribution >= 4 is 27.9 Å². The number of anilines is 1. The number of furan rings is 1. The van der Waals surface area contributed by atoms with Crippen molar-refractivity contribution in [3.8, 4) is 0 Å². The number of hydrogen-bond acceptors (Lipinski definition) is 5. The van der Waals surface area contributed by atoms with Crippen LogP contribution in [-0.2, 0) is 0 Å². The van der Waals surface area contributed by atoms with Crippen molar-refractivity contribution in [3.63, 3.8) is 0 Å². The van der Waals surface area contributed by atoms with E-state index in [-0.39, 0.29) is 6.61 Å². The van der Waals surface area contributed by atoms with Crippen LogP contribution in [0.4, 0.5) is 5.82 Å². The first kappa shape index (κ1) is 12.6. The van der Waals surface area contributed by atoms with E-state index in [1.165, 1.54) is 0 Å². The lowest BCUT2D eigenvalue weighted by Gasteiger charge is -2.31. The first-order chi connectivity index (χ1) is 10.4. The molecule has 0 unspecified atom stereocenters. The van der Waals surface area contributed by atoms with Crippen molar-refractivity contribution in [2.75, 3.05) is 24.6 Å². The van der Waals surface area contributed by atoms with E-state index in [9.17, 15) is 5.11 Å². The molecule has 3 heterocycles. The zero-order chi connectivity index (χ0) is 14.2. The van der Waals surface area contributed by atoms with Crippen molar-refractivity contribution < 1.29 is 9.52 Å². The van der Waals surface area contributed by atoms with Gasteiger partial charge in [0, 0.05) is 25.1 Å². The lowest BCUT2D eigenvalue weighted by Crippen LogP contribution is -2.35. The molecule has 5 heteroatoms. The maximum atomic E-state index is 9.25. The van der Waals surface area contributed by atoms with E-state index in [1.54, 1.807) is 6.33 Å². The molecular formula is C16H17N3O2. The smallest absolute Gasteiger partial charge is 0.196 e. The average molecular weight is 283 g/mol. The number of aliphatic hydroxyl groups is 1. The molecule has 108 valence electrons. The molecule has 1 fully saturated rings. The third-order valence-corrected chi connectivity index (χ3v) is 4.31. The minimum atomic E-state index is 0.275. The van der Waals surface area contributed by atoms with Gasteiger partial charge in [0.1, 0.15) is 17.4 Å². The first-order valence-corrected chi connectivity index (χ1v) is 7.35. The number of fused-ring (bicyclic) bond motifs is 3. The van der Waals surface area contributed by atoms with Crippen molar-refractivity contribution in [2.24, 2.45) is 5.92 Å². The lowest BCUT2D eigenvalue weighted by molar-refractivity contribution is 0.203. The number of nitrogens with zero attached hydrogens (tertiary/aromatic N) is 3. The Morgan fingerprint density at radius 1 is 1.19 bits per heavy atom. The summed E-state index contributed by atoms with van der Waals surface area (Å²) in [4.78, 5) is 11.1. The van der Waals surface area contributed by atoms with Gasteiger partial charge in [-0.2, -0.15) is 0 Å². The van der Waals surface area contributed by atoms with Gasteiger partial charge in [-0.25, -0.2) is 9.97 Å². The van der Waals surface area contributed by atoms with E-state index < -0.39 is 0 Å². The fraction of sp³-hybridized carbons (Fsp3) is 0.375. The fourth-order valence-corrected chi connectivity index (χ4v) is 3.06. The van der Waals surface area contributed by atoms with Gasteiger partial charge in [-0.15, -0.1) is 0 Å². The summed E-state index contributed by atoms with van der Waals surface area (Å²) in [6.07, 6.45) is 3.59. The second-order valence-corrected chi connectivity index (χ2v) is 5.59. The highest BCUT2D eigenvalue weighted by atomic mass is 16.3. The molecule has 2 aromatic heterocycles. The Kier molecular flexibility index (Phi) is 3.00. The number of rotatable bonds is 2. The Hall–Kier alpha value is -2.14. The summed E-state index contributed by atoms with van der Waals surface area (Å²) in [5, 5.41) is 10.3. The standard InChI is InChI=1S/C16H17N3O2/c20-9-11-5-7-19(8-6-11)16-15-14(17-10-18-16)12-3-1-2-4-13(12)21-15/h1-4,10-11,20H,5-9H2. The molecule has 0 amide bonds. The summed E-state index contributed by atoms with van der Waals surface area (Å²) < 4.78 is 5.97. The summed E-state index contributed by atoms with van der Waals surface area (Å²) in [6.45, 7) is 2.07. The van der Waals surface area contributed by atoms with E-state index >= 15 is 0 Å².